The van der Waals surface area contributed by atoms with Crippen molar-refractivity contribution < 1.29 is 18.0 Å². The van der Waals surface area contributed by atoms with Crippen molar-refractivity contribution in [1.29, 1.82) is 0 Å². The van der Waals surface area contributed by atoms with Gasteiger partial charge < -0.3 is 0 Å². The molecule has 0 aromatic heterocycles. The van der Waals surface area contributed by atoms with Crippen molar-refractivity contribution >= 4 is 38.3 Å². The minimum Gasteiger partial charge on any atom is -0.288 e. The van der Waals surface area contributed by atoms with Crippen LogP contribution in [-0.4, -0.2) is 20.2 Å². The highest BCUT2D eigenvalue weighted by molar-refractivity contribution is 7.92. The van der Waals surface area contributed by atoms with E-state index in [1.165, 1.54) is 12.1 Å². The van der Waals surface area contributed by atoms with Crippen molar-refractivity contribution in [2.75, 3.05) is 4.72 Å². The maximum absolute atomic E-state index is 12.9. The van der Waals surface area contributed by atoms with Crippen LogP contribution in [0.25, 0.3) is 10.8 Å². The summed E-state index contributed by atoms with van der Waals surface area (Å²) in [4.78, 5) is 24.2. The molecule has 0 radical (unpaired) electrons. The Bertz CT molecular complexity index is 1250. The SMILES string of the molecule is Cc1ccc(C)c(NS(=O)(=O)c2cc3c4c(cccc4c2)C(=O)NC3=O)c1. The molecule has 0 unspecified atom stereocenters. The van der Waals surface area contributed by atoms with Crippen LogP contribution >= 0.6 is 0 Å². The number of carbonyl (C=O) groups excluding carboxylic acids is 2. The molecule has 0 atom stereocenters. The van der Waals surface area contributed by atoms with E-state index in [-0.39, 0.29) is 10.5 Å². The van der Waals surface area contributed by atoms with E-state index in [9.17, 15) is 18.0 Å². The third kappa shape index (κ3) is 2.86. The van der Waals surface area contributed by atoms with E-state index in [4.69, 9.17) is 0 Å². The first-order valence-corrected chi connectivity index (χ1v) is 9.77. The minimum absolute atomic E-state index is 0.0347. The van der Waals surface area contributed by atoms with Crippen LogP contribution in [0.3, 0.4) is 0 Å². The van der Waals surface area contributed by atoms with Crippen LogP contribution in [0.5, 0.6) is 0 Å². The first-order valence-electron chi connectivity index (χ1n) is 8.29. The number of imide groups is 1. The molecule has 27 heavy (non-hydrogen) atoms. The second-order valence-corrected chi connectivity index (χ2v) is 8.26. The van der Waals surface area contributed by atoms with Crippen molar-refractivity contribution in [1.82, 2.24) is 5.32 Å². The van der Waals surface area contributed by atoms with Crippen LogP contribution in [0.1, 0.15) is 31.8 Å². The lowest BCUT2D eigenvalue weighted by Gasteiger charge is -2.18. The molecule has 1 aliphatic heterocycles. The van der Waals surface area contributed by atoms with Gasteiger partial charge in [0, 0.05) is 16.5 Å². The number of aryl methyl sites for hydroxylation is 2. The van der Waals surface area contributed by atoms with Crippen LogP contribution in [-0.2, 0) is 10.0 Å². The fraction of sp³-hybridized carbons (Fsp3) is 0.100. The molecule has 0 fully saturated rings. The molecule has 4 rings (SSSR count). The zero-order chi connectivity index (χ0) is 19.3. The van der Waals surface area contributed by atoms with Crippen LogP contribution < -0.4 is 10.0 Å². The third-order valence-electron chi connectivity index (χ3n) is 4.61. The topological polar surface area (TPSA) is 92.3 Å². The van der Waals surface area contributed by atoms with E-state index in [1.54, 1.807) is 24.3 Å². The summed E-state index contributed by atoms with van der Waals surface area (Å²) in [6.45, 7) is 3.69. The van der Waals surface area contributed by atoms with Gasteiger partial charge in [0.25, 0.3) is 21.8 Å². The quantitative estimate of drug-likeness (QED) is 0.683. The van der Waals surface area contributed by atoms with Crippen LogP contribution in [0.4, 0.5) is 5.69 Å². The first-order chi connectivity index (χ1) is 12.8. The Morgan fingerprint density at radius 2 is 1.63 bits per heavy atom. The van der Waals surface area contributed by atoms with Crippen LogP contribution in [0, 0.1) is 13.8 Å². The van der Waals surface area contributed by atoms with E-state index < -0.39 is 21.8 Å². The van der Waals surface area contributed by atoms with Crippen molar-refractivity contribution in [3.05, 3.63) is 70.8 Å². The number of amides is 2. The van der Waals surface area contributed by atoms with E-state index >= 15 is 0 Å². The van der Waals surface area contributed by atoms with Gasteiger partial charge in [0.2, 0.25) is 0 Å². The molecule has 0 bridgehead atoms. The zero-order valence-corrected chi connectivity index (χ0v) is 15.5. The fourth-order valence-electron chi connectivity index (χ4n) is 3.21. The number of hydrogen-bond donors (Lipinski definition) is 2. The van der Waals surface area contributed by atoms with Gasteiger partial charge in [0.15, 0.2) is 0 Å². The number of carbonyl (C=O) groups is 2. The molecule has 6 nitrogen and oxygen atoms in total. The van der Waals surface area contributed by atoms with Crippen molar-refractivity contribution in [3.63, 3.8) is 0 Å². The number of nitrogens with one attached hydrogen (secondary N) is 2. The number of anilines is 1. The molecule has 2 N–H and O–H groups in total. The average molecular weight is 380 g/mol. The summed E-state index contributed by atoms with van der Waals surface area (Å²) in [5.41, 5.74) is 2.72. The molecule has 0 spiro atoms. The third-order valence-corrected chi connectivity index (χ3v) is 5.96. The molecule has 136 valence electrons. The summed E-state index contributed by atoms with van der Waals surface area (Å²) in [5.74, 6) is -1.09. The number of benzene rings is 3. The maximum Gasteiger partial charge on any atom is 0.261 e. The molecular weight excluding hydrogens is 364 g/mol. The zero-order valence-electron chi connectivity index (χ0n) is 14.7. The van der Waals surface area contributed by atoms with Crippen molar-refractivity contribution in [2.24, 2.45) is 0 Å². The average Bonchev–Trinajstić information content (AvgIpc) is 2.62. The van der Waals surface area contributed by atoms with Gasteiger partial charge in [-0.2, -0.15) is 0 Å². The summed E-state index contributed by atoms with van der Waals surface area (Å²) >= 11 is 0. The highest BCUT2D eigenvalue weighted by atomic mass is 32.2. The largest absolute Gasteiger partial charge is 0.288 e. The van der Waals surface area contributed by atoms with Crippen molar-refractivity contribution in [3.8, 4) is 0 Å². The summed E-state index contributed by atoms with van der Waals surface area (Å²) < 4.78 is 28.5. The summed E-state index contributed by atoms with van der Waals surface area (Å²) in [7, 11) is -3.92. The molecule has 1 aliphatic rings. The second-order valence-electron chi connectivity index (χ2n) is 6.58. The lowest BCUT2D eigenvalue weighted by atomic mass is 9.95. The number of hydrogen-bond acceptors (Lipinski definition) is 4. The number of sulfonamides is 1. The molecule has 2 amide bonds. The molecule has 3 aromatic rings. The highest BCUT2D eigenvalue weighted by Crippen LogP contribution is 2.30. The van der Waals surface area contributed by atoms with Crippen LogP contribution in [0.2, 0.25) is 0 Å². The Kier molecular flexibility index (Phi) is 3.78. The summed E-state index contributed by atoms with van der Waals surface area (Å²) in [6, 6.07) is 13.2. The molecular formula is C20H16N2O4S. The number of rotatable bonds is 3. The van der Waals surface area contributed by atoms with Gasteiger partial charge in [-0.3, -0.25) is 19.6 Å². The Balaban J connectivity index is 1.88. The minimum atomic E-state index is -3.92. The second kappa shape index (κ2) is 5.92. The van der Waals surface area contributed by atoms with Gasteiger partial charge in [-0.05, 0) is 54.6 Å². The predicted molar refractivity (Wildman–Crippen MR) is 102 cm³/mol. The molecule has 0 saturated heterocycles. The summed E-state index contributed by atoms with van der Waals surface area (Å²) in [6.07, 6.45) is 0. The van der Waals surface area contributed by atoms with Crippen LogP contribution in [0.15, 0.2) is 53.4 Å². The first kappa shape index (κ1) is 17.2. The van der Waals surface area contributed by atoms with Gasteiger partial charge in [0.1, 0.15) is 0 Å². The normalized spacial score (nSPS) is 13.6. The Morgan fingerprint density at radius 3 is 2.41 bits per heavy atom. The smallest absolute Gasteiger partial charge is 0.261 e. The molecule has 7 heteroatoms. The molecule has 1 heterocycles. The fourth-order valence-corrected chi connectivity index (χ4v) is 4.39. The maximum atomic E-state index is 12.9. The summed E-state index contributed by atoms with van der Waals surface area (Å²) in [5, 5.41) is 3.24. The standard InChI is InChI=1S/C20H16N2O4S/c1-11-6-7-12(2)17(8-11)22-27(25,26)14-9-13-4-3-5-15-18(13)16(10-14)20(24)21-19(15)23/h3-10,22H,1-2H3,(H,21,23,24). The lowest BCUT2D eigenvalue weighted by Crippen LogP contribution is -2.34. The van der Waals surface area contributed by atoms with Gasteiger partial charge >= 0.3 is 0 Å². The molecule has 0 aliphatic carbocycles. The Hall–Kier alpha value is -3.19. The molecule has 3 aromatic carbocycles. The van der Waals surface area contributed by atoms with Gasteiger partial charge in [-0.25, -0.2) is 8.42 Å². The molecule has 0 saturated carbocycles. The van der Waals surface area contributed by atoms with Gasteiger partial charge in [-0.1, -0.05) is 24.3 Å². The Labute approximate surface area is 156 Å². The predicted octanol–water partition coefficient (Wildman–Crippen LogP) is 3.14. The van der Waals surface area contributed by atoms with E-state index in [2.05, 4.69) is 10.0 Å². The van der Waals surface area contributed by atoms with Gasteiger partial charge in [0.05, 0.1) is 10.6 Å². The monoisotopic (exact) mass is 380 g/mol. The Morgan fingerprint density at radius 1 is 0.889 bits per heavy atom. The van der Waals surface area contributed by atoms with Gasteiger partial charge in [-0.15, -0.1) is 0 Å². The van der Waals surface area contributed by atoms with Crippen molar-refractivity contribution in [2.45, 2.75) is 18.7 Å². The lowest BCUT2D eigenvalue weighted by molar-refractivity contribution is 0.0845. The highest BCUT2D eigenvalue weighted by Gasteiger charge is 2.27. The van der Waals surface area contributed by atoms with E-state index in [0.29, 0.717) is 22.0 Å². The van der Waals surface area contributed by atoms with E-state index in [1.807, 2.05) is 26.0 Å². The van der Waals surface area contributed by atoms with E-state index in [0.717, 1.165) is 11.1 Å².